The van der Waals surface area contributed by atoms with Crippen LogP contribution in [0.15, 0.2) is 18.3 Å². The summed E-state index contributed by atoms with van der Waals surface area (Å²) in [4.78, 5) is 3.31. The molecule has 0 aliphatic carbocycles. The number of hydrogen-bond donors (Lipinski definition) is 2. The molecule has 3 heteroatoms. The van der Waals surface area contributed by atoms with Crippen LogP contribution in [0.2, 0.25) is 0 Å². The number of hydrogen-bond acceptors (Lipinski definition) is 2. The van der Waals surface area contributed by atoms with Crippen LogP contribution in [0.4, 0.5) is 0 Å². The standard InChI is InChI=1S/C11H18N2S/c1-12-11(9-5-4-7-13-9)10-6-2-3-8-14-10/h4-5,7,10-13H,2-3,6,8H2,1H3. The lowest BCUT2D eigenvalue weighted by Crippen LogP contribution is -2.29. The molecular formula is C11H18N2S. The molecule has 2 atom stereocenters. The fourth-order valence-electron chi connectivity index (χ4n) is 2.11. The normalized spacial score (nSPS) is 24.8. The Labute approximate surface area is 89.9 Å². The van der Waals surface area contributed by atoms with Crippen LogP contribution in [0.1, 0.15) is 31.0 Å². The van der Waals surface area contributed by atoms with Gasteiger partial charge in [-0.2, -0.15) is 11.8 Å². The Morgan fingerprint density at radius 2 is 2.50 bits per heavy atom. The van der Waals surface area contributed by atoms with Gasteiger partial charge in [-0.3, -0.25) is 0 Å². The highest BCUT2D eigenvalue weighted by atomic mass is 32.2. The molecule has 2 unspecified atom stereocenters. The SMILES string of the molecule is CNC(c1ccc[nH]1)C1CCCCS1. The van der Waals surface area contributed by atoms with Crippen molar-refractivity contribution in [1.29, 1.82) is 0 Å². The van der Waals surface area contributed by atoms with E-state index in [-0.39, 0.29) is 0 Å². The molecule has 14 heavy (non-hydrogen) atoms. The molecule has 0 aromatic carbocycles. The average Bonchev–Trinajstić information content (AvgIpc) is 2.74. The Morgan fingerprint density at radius 3 is 3.07 bits per heavy atom. The summed E-state index contributed by atoms with van der Waals surface area (Å²) in [6.45, 7) is 0. The van der Waals surface area contributed by atoms with E-state index in [1.165, 1.54) is 30.7 Å². The van der Waals surface area contributed by atoms with Crippen molar-refractivity contribution >= 4 is 11.8 Å². The first kappa shape index (κ1) is 10.1. The molecule has 0 radical (unpaired) electrons. The summed E-state index contributed by atoms with van der Waals surface area (Å²) in [7, 11) is 2.06. The molecule has 0 bridgehead atoms. The number of thioether (sulfide) groups is 1. The third-order valence-corrected chi connectivity index (χ3v) is 4.32. The van der Waals surface area contributed by atoms with Crippen molar-refractivity contribution in [2.75, 3.05) is 12.8 Å². The Morgan fingerprint density at radius 1 is 1.57 bits per heavy atom. The Kier molecular flexibility index (Phi) is 3.54. The van der Waals surface area contributed by atoms with Crippen molar-refractivity contribution in [2.24, 2.45) is 0 Å². The lowest BCUT2D eigenvalue weighted by atomic mass is 10.0. The van der Waals surface area contributed by atoms with Crippen LogP contribution in [0, 0.1) is 0 Å². The number of aromatic amines is 1. The van der Waals surface area contributed by atoms with E-state index in [0.29, 0.717) is 6.04 Å². The van der Waals surface area contributed by atoms with Crippen molar-refractivity contribution in [1.82, 2.24) is 10.3 Å². The maximum absolute atomic E-state index is 3.42. The summed E-state index contributed by atoms with van der Waals surface area (Å²) in [5, 5.41) is 4.17. The van der Waals surface area contributed by atoms with E-state index in [1.54, 1.807) is 0 Å². The van der Waals surface area contributed by atoms with Crippen LogP contribution in [-0.2, 0) is 0 Å². The molecule has 2 rings (SSSR count). The highest BCUT2D eigenvalue weighted by Crippen LogP contribution is 2.33. The smallest absolute Gasteiger partial charge is 0.0590 e. The minimum absolute atomic E-state index is 0.496. The molecule has 1 aliphatic heterocycles. The van der Waals surface area contributed by atoms with E-state index in [4.69, 9.17) is 0 Å². The molecule has 1 aromatic heterocycles. The van der Waals surface area contributed by atoms with Crippen molar-refractivity contribution in [3.05, 3.63) is 24.0 Å². The molecule has 1 saturated heterocycles. The van der Waals surface area contributed by atoms with E-state index >= 15 is 0 Å². The molecule has 1 fully saturated rings. The number of H-pyrrole nitrogens is 1. The quantitative estimate of drug-likeness (QED) is 0.802. The van der Waals surface area contributed by atoms with Crippen molar-refractivity contribution in [3.8, 4) is 0 Å². The van der Waals surface area contributed by atoms with Gasteiger partial charge in [0.05, 0.1) is 6.04 Å². The average molecular weight is 210 g/mol. The second-order valence-electron chi connectivity index (χ2n) is 3.80. The Bertz CT molecular complexity index is 252. The summed E-state index contributed by atoms with van der Waals surface area (Å²) in [6.07, 6.45) is 6.13. The van der Waals surface area contributed by atoms with Gasteiger partial charge in [0.2, 0.25) is 0 Å². The van der Waals surface area contributed by atoms with Gasteiger partial charge >= 0.3 is 0 Å². The highest BCUT2D eigenvalue weighted by molar-refractivity contribution is 8.00. The third kappa shape index (κ3) is 2.15. The van der Waals surface area contributed by atoms with Crippen LogP contribution < -0.4 is 5.32 Å². The van der Waals surface area contributed by atoms with E-state index in [1.807, 2.05) is 6.20 Å². The van der Waals surface area contributed by atoms with E-state index in [9.17, 15) is 0 Å². The van der Waals surface area contributed by atoms with Gasteiger partial charge in [0.15, 0.2) is 0 Å². The molecule has 0 saturated carbocycles. The van der Waals surface area contributed by atoms with Crippen molar-refractivity contribution < 1.29 is 0 Å². The first-order valence-corrected chi connectivity index (χ1v) is 6.39. The lowest BCUT2D eigenvalue weighted by molar-refractivity contribution is 0.508. The molecule has 0 amide bonds. The minimum Gasteiger partial charge on any atom is -0.364 e. The predicted octanol–water partition coefficient (Wildman–Crippen LogP) is 2.56. The van der Waals surface area contributed by atoms with Crippen LogP contribution in [0.3, 0.4) is 0 Å². The molecule has 0 spiro atoms. The molecule has 2 nitrogen and oxygen atoms in total. The zero-order valence-corrected chi connectivity index (χ0v) is 9.44. The predicted molar refractivity (Wildman–Crippen MR) is 62.7 cm³/mol. The van der Waals surface area contributed by atoms with Crippen LogP contribution in [-0.4, -0.2) is 23.0 Å². The summed E-state index contributed by atoms with van der Waals surface area (Å²) >= 11 is 2.11. The van der Waals surface area contributed by atoms with Gasteiger partial charge in [-0.1, -0.05) is 6.42 Å². The first-order chi connectivity index (χ1) is 6.92. The Balaban J connectivity index is 2.04. The van der Waals surface area contributed by atoms with Gasteiger partial charge in [-0.25, -0.2) is 0 Å². The maximum Gasteiger partial charge on any atom is 0.0590 e. The highest BCUT2D eigenvalue weighted by Gasteiger charge is 2.24. The zero-order valence-electron chi connectivity index (χ0n) is 8.62. The van der Waals surface area contributed by atoms with Crippen molar-refractivity contribution in [2.45, 2.75) is 30.6 Å². The van der Waals surface area contributed by atoms with Gasteiger partial charge < -0.3 is 10.3 Å². The van der Waals surface area contributed by atoms with Crippen LogP contribution in [0.25, 0.3) is 0 Å². The van der Waals surface area contributed by atoms with Gasteiger partial charge in [-0.05, 0) is 37.8 Å². The topological polar surface area (TPSA) is 27.8 Å². The number of aromatic nitrogens is 1. The molecule has 2 heterocycles. The minimum atomic E-state index is 0.496. The largest absolute Gasteiger partial charge is 0.364 e. The van der Waals surface area contributed by atoms with Crippen LogP contribution in [0.5, 0.6) is 0 Å². The van der Waals surface area contributed by atoms with E-state index in [0.717, 1.165) is 5.25 Å². The van der Waals surface area contributed by atoms with E-state index < -0.39 is 0 Å². The third-order valence-electron chi connectivity index (χ3n) is 2.85. The fourth-order valence-corrected chi connectivity index (χ4v) is 3.59. The van der Waals surface area contributed by atoms with Gasteiger partial charge in [0.1, 0.15) is 0 Å². The lowest BCUT2D eigenvalue weighted by Gasteiger charge is -2.28. The first-order valence-electron chi connectivity index (χ1n) is 5.34. The summed E-state index contributed by atoms with van der Waals surface area (Å²) < 4.78 is 0. The second kappa shape index (κ2) is 4.89. The van der Waals surface area contributed by atoms with E-state index in [2.05, 4.69) is 41.2 Å². The monoisotopic (exact) mass is 210 g/mol. The zero-order chi connectivity index (χ0) is 9.80. The summed E-state index contributed by atoms with van der Waals surface area (Å²) in [5.41, 5.74) is 1.33. The fraction of sp³-hybridized carbons (Fsp3) is 0.636. The summed E-state index contributed by atoms with van der Waals surface area (Å²) in [6, 6.07) is 4.75. The summed E-state index contributed by atoms with van der Waals surface area (Å²) in [5.74, 6) is 1.32. The molecule has 1 aliphatic rings. The molecular weight excluding hydrogens is 192 g/mol. The van der Waals surface area contributed by atoms with Gasteiger partial charge in [0.25, 0.3) is 0 Å². The number of nitrogens with one attached hydrogen (secondary N) is 2. The second-order valence-corrected chi connectivity index (χ2v) is 5.14. The Hall–Kier alpha value is -0.410. The molecule has 78 valence electrons. The van der Waals surface area contributed by atoms with Gasteiger partial charge in [-0.15, -0.1) is 0 Å². The molecule has 2 N–H and O–H groups in total. The van der Waals surface area contributed by atoms with Crippen LogP contribution >= 0.6 is 11.8 Å². The maximum atomic E-state index is 3.42. The molecule has 1 aromatic rings. The van der Waals surface area contributed by atoms with Gasteiger partial charge in [0, 0.05) is 17.1 Å². The number of rotatable bonds is 3. The van der Waals surface area contributed by atoms with Crippen molar-refractivity contribution in [3.63, 3.8) is 0 Å².